The average molecular weight is 1030 g/mol. The van der Waals surface area contributed by atoms with E-state index in [9.17, 15) is 37.3 Å². The molecule has 0 aromatic heterocycles. The number of azo groups is 1. The van der Waals surface area contributed by atoms with E-state index in [1.165, 1.54) is 119 Å². The Morgan fingerprint density at radius 2 is 1.43 bits per heavy atom. The van der Waals surface area contributed by atoms with E-state index in [1.807, 2.05) is 0 Å². The molecule has 0 aliphatic rings. The van der Waals surface area contributed by atoms with Crippen LogP contribution in [0.4, 0.5) is 22.7 Å². The highest BCUT2D eigenvalue weighted by Crippen LogP contribution is 2.47. The summed E-state index contributed by atoms with van der Waals surface area (Å²) in [4.78, 5) is 52.6. The van der Waals surface area contributed by atoms with Gasteiger partial charge in [0.1, 0.15) is 11.4 Å². The van der Waals surface area contributed by atoms with Crippen LogP contribution in [-0.4, -0.2) is 73.8 Å². The van der Waals surface area contributed by atoms with Gasteiger partial charge in [0.2, 0.25) is 17.8 Å². The normalized spacial score (nSPS) is 11.9. The Hall–Kier alpha value is -6.33. The average Bonchev–Trinajstić information content (AvgIpc) is 3.33. The molecule has 0 saturated carbocycles. The van der Waals surface area contributed by atoms with Crippen LogP contribution >= 0.6 is 23.6 Å². The van der Waals surface area contributed by atoms with Crippen LogP contribution in [0.25, 0.3) is 10.8 Å². The number of rotatable bonds is 27. The van der Waals surface area contributed by atoms with Crippen molar-refractivity contribution in [2.45, 2.75) is 94.0 Å². The number of Topliss-reactive ketones (excluding diaryl/α,β-unsaturated/α-hetero) is 1. The van der Waals surface area contributed by atoms with E-state index in [4.69, 9.17) is 35.8 Å². The number of ketones is 1. The molecular formula is C48H53ClN4O15S2. The van der Waals surface area contributed by atoms with Crippen molar-refractivity contribution >= 4 is 90.9 Å². The Morgan fingerprint density at radius 1 is 0.771 bits per heavy atom. The van der Waals surface area contributed by atoms with Crippen LogP contribution < -0.4 is 24.8 Å². The van der Waals surface area contributed by atoms with E-state index >= 15 is 0 Å². The second kappa shape index (κ2) is 26.6. The van der Waals surface area contributed by atoms with Crippen LogP contribution in [0.1, 0.15) is 98.8 Å². The van der Waals surface area contributed by atoms with Crippen LogP contribution in [0.2, 0.25) is 5.02 Å². The van der Waals surface area contributed by atoms with Gasteiger partial charge in [-0.05, 0) is 90.7 Å². The number of ether oxygens (including phenoxy) is 4. The largest absolute Gasteiger partial charge is 0.505 e. The minimum atomic E-state index is -4.78. The van der Waals surface area contributed by atoms with Crippen LogP contribution in [-0.2, 0) is 33.8 Å². The van der Waals surface area contributed by atoms with Gasteiger partial charge >= 0.3 is 5.97 Å². The zero-order valence-corrected chi connectivity index (χ0v) is 41.1. The van der Waals surface area contributed by atoms with Crippen LogP contribution in [0.15, 0.2) is 98.9 Å². The first-order valence-corrected chi connectivity index (χ1v) is 24.6. The topological polar surface area (TPSA) is 267 Å². The Bertz CT molecular complexity index is 2790. The molecule has 0 fully saturated rings. The quantitative estimate of drug-likeness (QED) is 0.00377. The first kappa shape index (κ1) is 54.6. The first-order chi connectivity index (χ1) is 33.6. The van der Waals surface area contributed by atoms with E-state index in [1.54, 1.807) is 0 Å². The molecule has 374 valence electrons. The number of anilines is 2. The number of nitrogens with one attached hydrogen (secondary N) is 2. The number of halogens is 1. The molecule has 22 heteroatoms. The molecule has 1 unspecified atom stereocenters. The number of unbranched alkanes of at least 4 members (excludes halogenated alkanes) is 9. The van der Waals surface area contributed by atoms with Gasteiger partial charge in [-0.3, -0.25) is 18.9 Å². The molecule has 2 amide bonds. The summed E-state index contributed by atoms with van der Waals surface area (Å²) in [5.74, 6) is -3.07. The number of carbonyl (C=O) groups is 4. The number of phenols is 1. The lowest BCUT2D eigenvalue weighted by Crippen LogP contribution is -2.40. The number of hydrogen-bond donors (Lipinski definition) is 5. The molecule has 0 radical (unpaired) electrons. The Kier molecular flexibility index (Phi) is 20.7. The summed E-state index contributed by atoms with van der Waals surface area (Å²) in [5, 5.41) is 37.3. The molecule has 0 spiro atoms. The highest BCUT2D eigenvalue weighted by atomic mass is 35.5. The lowest BCUT2D eigenvalue weighted by atomic mass is 10.0. The van der Waals surface area contributed by atoms with Gasteiger partial charge in [0.25, 0.3) is 16.0 Å². The smallest absolute Gasteiger partial charge is 0.338 e. The maximum atomic E-state index is 14.2. The lowest BCUT2D eigenvalue weighted by Gasteiger charge is -2.19. The minimum Gasteiger partial charge on any atom is -0.505 e. The Labute approximate surface area is 413 Å². The number of nitrogens with zero attached hydrogens (tertiary/aromatic N) is 2. The number of aromatic hydroxyl groups is 1. The molecule has 0 aliphatic carbocycles. The van der Waals surface area contributed by atoms with E-state index in [0.717, 1.165) is 38.3 Å². The fourth-order valence-corrected chi connectivity index (χ4v) is 8.30. The molecule has 5 N–H and O–H groups in total. The van der Waals surface area contributed by atoms with Gasteiger partial charge in [-0.15, -0.1) is 9.45 Å². The third kappa shape index (κ3) is 15.3. The lowest BCUT2D eigenvalue weighted by molar-refractivity contribution is -0.432. The number of esters is 1. The van der Waals surface area contributed by atoms with Crippen molar-refractivity contribution in [3.8, 4) is 23.0 Å². The van der Waals surface area contributed by atoms with E-state index in [0.29, 0.717) is 24.2 Å². The number of amides is 2. The van der Waals surface area contributed by atoms with Gasteiger partial charge < -0.3 is 34.7 Å². The molecule has 0 heterocycles. The number of benzene rings is 5. The predicted octanol–water partition coefficient (Wildman–Crippen LogP) is 11.6. The fourth-order valence-electron chi connectivity index (χ4n) is 7.10. The Balaban J connectivity index is 1.37. The second-order valence-corrected chi connectivity index (χ2v) is 18.2. The van der Waals surface area contributed by atoms with Crippen LogP contribution in [0, 0.1) is 0 Å². The SMILES string of the molecule is CCCCCCCCCCCCOC(=O)c1ccc(Cl)c(NC(=O)C(Oc2ccc(N=Nc3c(SOOO)cc4cc(S(=O)(=O)O)cc(NC(C)=O)c4c3O)cc2)C(=O)c2ccc(OC)c(OC)c2)c1. The fraction of sp³-hybridized carbons (Fsp3) is 0.333. The first-order valence-electron chi connectivity index (χ1n) is 22.0. The molecule has 19 nitrogen and oxygen atoms in total. The summed E-state index contributed by atoms with van der Waals surface area (Å²) in [5.41, 5.74) is -0.189. The summed E-state index contributed by atoms with van der Waals surface area (Å²) < 4.78 is 60.6. The molecule has 0 aliphatic heterocycles. The van der Waals surface area contributed by atoms with Gasteiger partial charge in [0.15, 0.2) is 17.2 Å². The zero-order valence-electron chi connectivity index (χ0n) is 38.7. The number of phenolic OH excluding ortho intramolecular Hbond substituents is 1. The summed E-state index contributed by atoms with van der Waals surface area (Å²) >= 11 is 6.84. The van der Waals surface area contributed by atoms with Gasteiger partial charge in [0, 0.05) is 17.9 Å². The predicted molar refractivity (Wildman–Crippen MR) is 262 cm³/mol. The van der Waals surface area contributed by atoms with Crippen molar-refractivity contribution in [1.29, 1.82) is 0 Å². The summed E-state index contributed by atoms with van der Waals surface area (Å²) in [6, 6.07) is 17.3. The molecular weight excluding hydrogens is 972 g/mol. The third-order valence-electron chi connectivity index (χ3n) is 10.6. The molecule has 5 aromatic rings. The summed E-state index contributed by atoms with van der Waals surface area (Å²) in [7, 11) is -1.98. The van der Waals surface area contributed by atoms with E-state index in [2.05, 4.69) is 37.2 Å². The number of carbonyl (C=O) groups excluding carboxylic acids is 4. The molecule has 5 rings (SSSR count). The van der Waals surface area contributed by atoms with Gasteiger partial charge in [-0.2, -0.15) is 13.5 Å². The third-order valence-corrected chi connectivity index (χ3v) is 12.4. The van der Waals surface area contributed by atoms with Crippen LogP contribution in [0.3, 0.4) is 0 Å². The standard InChI is InChI=1S/C48H53ClN4O15S2/c1-5-6-7-8-9-10-11-12-13-14-23-65-48(58)31-15-21-36(49)37(25-31)51-47(57)46(44(55)30-16-22-39(63-3)40(26-30)64-4)66-34-19-17-33(18-20-34)52-53-43-41(69-68-67-59)27-32-24-35(70(60,61)62)28-38(50-29(2)54)42(32)45(43)56/h15-22,24-28,46,56,59H,5-14,23H2,1-4H3,(H,50,54)(H,51,57)(H,60,61,62). The Morgan fingerprint density at radius 3 is 2.06 bits per heavy atom. The highest BCUT2D eigenvalue weighted by Gasteiger charge is 2.32. The summed E-state index contributed by atoms with van der Waals surface area (Å²) in [6.07, 6.45) is 9.42. The highest BCUT2D eigenvalue weighted by molar-refractivity contribution is 7.94. The van der Waals surface area contributed by atoms with Crippen LogP contribution in [0.5, 0.6) is 23.0 Å². The summed E-state index contributed by atoms with van der Waals surface area (Å²) in [6.45, 7) is 3.56. The monoisotopic (exact) mass is 1020 g/mol. The molecule has 0 bridgehead atoms. The van der Waals surface area contributed by atoms with Crippen molar-refractivity contribution in [2.75, 3.05) is 31.5 Å². The number of fused-ring (bicyclic) bond motifs is 1. The van der Waals surface area contributed by atoms with E-state index in [-0.39, 0.29) is 72.7 Å². The molecule has 70 heavy (non-hydrogen) atoms. The number of methoxy groups -OCH3 is 2. The zero-order chi connectivity index (χ0) is 50.8. The number of hydrogen-bond acceptors (Lipinski definition) is 17. The van der Waals surface area contributed by atoms with Gasteiger partial charge in [-0.1, -0.05) is 81.4 Å². The molecule has 5 aromatic carbocycles. The van der Waals surface area contributed by atoms with Gasteiger partial charge in [-0.25, -0.2) is 10.1 Å². The maximum Gasteiger partial charge on any atom is 0.338 e. The molecule has 0 saturated heterocycles. The van der Waals surface area contributed by atoms with Crippen molar-refractivity contribution in [2.24, 2.45) is 10.2 Å². The maximum absolute atomic E-state index is 14.2. The van der Waals surface area contributed by atoms with Crippen molar-refractivity contribution in [1.82, 2.24) is 0 Å². The van der Waals surface area contributed by atoms with Gasteiger partial charge in [0.05, 0.1) is 70.3 Å². The minimum absolute atomic E-state index is 0.00520. The van der Waals surface area contributed by atoms with Crippen molar-refractivity contribution in [3.05, 3.63) is 95.0 Å². The van der Waals surface area contributed by atoms with Crippen molar-refractivity contribution < 1.29 is 70.8 Å². The second-order valence-electron chi connectivity index (χ2n) is 15.7. The van der Waals surface area contributed by atoms with E-state index < -0.39 is 50.4 Å². The van der Waals surface area contributed by atoms with Crippen molar-refractivity contribution in [3.63, 3.8) is 0 Å². The molecule has 1 atom stereocenters.